The van der Waals surface area contributed by atoms with Gasteiger partial charge >= 0.3 is 0 Å². The summed E-state index contributed by atoms with van der Waals surface area (Å²) < 4.78 is 1.07. The molecule has 2 atom stereocenters. The van der Waals surface area contributed by atoms with Gasteiger partial charge in [-0.3, -0.25) is 9.79 Å². The van der Waals surface area contributed by atoms with E-state index in [0.717, 1.165) is 34.1 Å². The van der Waals surface area contributed by atoms with E-state index in [1.165, 1.54) is 11.1 Å². The zero-order valence-electron chi connectivity index (χ0n) is 16.1. The summed E-state index contributed by atoms with van der Waals surface area (Å²) in [5.41, 5.74) is 5.46. The fraction of sp³-hybridized carbons (Fsp3) is 0.250. The Morgan fingerprint density at radius 1 is 1.21 bits per heavy atom. The van der Waals surface area contributed by atoms with Crippen molar-refractivity contribution in [2.45, 2.75) is 32.2 Å². The van der Waals surface area contributed by atoms with E-state index in [-0.39, 0.29) is 11.5 Å². The van der Waals surface area contributed by atoms with E-state index in [1.807, 2.05) is 30.5 Å². The van der Waals surface area contributed by atoms with Gasteiger partial charge in [-0.05, 0) is 55.7 Å². The number of fused-ring (bicyclic) bond motifs is 4. The standard InChI is InChI=1S/C24H23BrN2O/c1-3-20-18-13-16(2)15-24(20,21-10-11-23(28)27-22(21)14-18)26-12-4-5-17-6-8-19(25)9-7-17/h3-13,18H,14-15H2,1-2H3,(H,27,28)/b5-4+,20-3+,26-12?/t18-,24+/m0/s1. The number of aromatic nitrogens is 1. The molecule has 28 heavy (non-hydrogen) atoms. The van der Waals surface area contributed by atoms with Gasteiger partial charge < -0.3 is 4.98 Å². The lowest BCUT2D eigenvalue weighted by atomic mass is 9.63. The van der Waals surface area contributed by atoms with Gasteiger partial charge in [-0.15, -0.1) is 0 Å². The zero-order valence-corrected chi connectivity index (χ0v) is 17.7. The maximum atomic E-state index is 11.9. The third-order valence-electron chi connectivity index (χ3n) is 5.62. The summed E-state index contributed by atoms with van der Waals surface area (Å²) in [5.74, 6) is 0.289. The van der Waals surface area contributed by atoms with E-state index in [9.17, 15) is 4.79 Å². The predicted octanol–water partition coefficient (Wildman–Crippen LogP) is 5.59. The second kappa shape index (κ2) is 7.51. The van der Waals surface area contributed by atoms with E-state index in [4.69, 9.17) is 4.99 Å². The first-order valence-corrected chi connectivity index (χ1v) is 10.4. The highest BCUT2D eigenvalue weighted by Gasteiger charge is 2.46. The smallest absolute Gasteiger partial charge is 0.248 e. The Kier molecular flexibility index (Phi) is 5.07. The second-order valence-corrected chi connectivity index (χ2v) is 8.42. The van der Waals surface area contributed by atoms with Gasteiger partial charge in [-0.2, -0.15) is 0 Å². The molecule has 0 amide bonds. The van der Waals surface area contributed by atoms with Gasteiger partial charge in [-0.1, -0.05) is 51.9 Å². The van der Waals surface area contributed by atoms with Crippen molar-refractivity contribution in [1.29, 1.82) is 0 Å². The van der Waals surface area contributed by atoms with Crippen LogP contribution in [0.25, 0.3) is 6.08 Å². The number of halogens is 1. The first kappa shape index (κ1) is 18.9. The minimum atomic E-state index is -0.430. The molecule has 0 radical (unpaired) electrons. The van der Waals surface area contributed by atoms with Crippen LogP contribution in [0.5, 0.6) is 0 Å². The van der Waals surface area contributed by atoms with Gasteiger partial charge in [0.25, 0.3) is 0 Å². The molecule has 2 aromatic rings. The predicted molar refractivity (Wildman–Crippen MR) is 120 cm³/mol. The van der Waals surface area contributed by atoms with Crippen molar-refractivity contribution in [3.63, 3.8) is 0 Å². The number of allylic oxidation sites excluding steroid dienone is 3. The number of benzene rings is 1. The first-order valence-electron chi connectivity index (χ1n) is 9.56. The third-order valence-corrected chi connectivity index (χ3v) is 6.15. The number of nitrogens with one attached hydrogen (secondary N) is 1. The molecule has 1 aromatic heterocycles. The number of hydrogen-bond acceptors (Lipinski definition) is 2. The fourth-order valence-corrected chi connectivity index (χ4v) is 4.81. The summed E-state index contributed by atoms with van der Waals surface area (Å²) in [4.78, 5) is 20.0. The number of pyridine rings is 1. The van der Waals surface area contributed by atoms with Crippen LogP contribution in [0.4, 0.5) is 0 Å². The second-order valence-electron chi connectivity index (χ2n) is 7.51. The zero-order chi connectivity index (χ0) is 19.7. The Hall–Kier alpha value is -2.46. The number of rotatable bonds is 3. The minimum absolute atomic E-state index is 0.0456. The summed E-state index contributed by atoms with van der Waals surface area (Å²) >= 11 is 3.46. The summed E-state index contributed by atoms with van der Waals surface area (Å²) in [6.07, 6.45) is 12.2. The van der Waals surface area contributed by atoms with E-state index in [2.05, 4.69) is 65.1 Å². The van der Waals surface area contributed by atoms with Gasteiger partial charge in [0, 0.05) is 40.3 Å². The fourth-order valence-electron chi connectivity index (χ4n) is 4.55. The first-order chi connectivity index (χ1) is 13.5. The molecule has 0 saturated heterocycles. The van der Waals surface area contributed by atoms with Crippen LogP contribution in [0.1, 0.15) is 37.1 Å². The Morgan fingerprint density at radius 2 is 2.00 bits per heavy atom. The molecular formula is C24H23BrN2O. The number of hydrogen-bond donors (Lipinski definition) is 1. The van der Waals surface area contributed by atoms with Crippen LogP contribution < -0.4 is 5.56 Å². The van der Waals surface area contributed by atoms with Crippen LogP contribution in [-0.4, -0.2) is 11.2 Å². The van der Waals surface area contributed by atoms with Crippen LogP contribution in [0.15, 0.2) is 80.0 Å². The highest BCUT2D eigenvalue weighted by molar-refractivity contribution is 9.10. The molecule has 1 heterocycles. The van der Waals surface area contributed by atoms with Gasteiger partial charge in [-0.25, -0.2) is 0 Å². The Morgan fingerprint density at radius 3 is 2.75 bits per heavy atom. The van der Waals surface area contributed by atoms with Crippen molar-refractivity contribution in [1.82, 2.24) is 4.98 Å². The van der Waals surface area contributed by atoms with Crippen LogP contribution in [0.3, 0.4) is 0 Å². The van der Waals surface area contributed by atoms with Crippen molar-refractivity contribution in [2.75, 3.05) is 0 Å². The molecule has 142 valence electrons. The lowest BCUT2D eigenvalue weighted by Gasteiger charge is -2.45. The average Bonchev–Trinajstić information content (AvgIpc) is 2.66. The molecule has 2 aliphatic rings. The van der Waals surface area contributed by atoms with Gasteiger partial charge in [0.1, 0.15) is 5.54 Å². The Balaban J connectivity index is 1.76. The van der Waals surface area contributed by atoms with Crippen molar-refractivity contribution < 1.29 is 0 Å². The number of nitrogens with zero attached hydrogens (tertiary/aromatic N) is 1. The molecule has 2 bridgehead atoms. The molecule has 1 N–H and O–H groups in total. The maximum absolute atomic E-state index is 11.9. The molecule has 0 unspecified atom stereocenters. The molecule has 0 saturated carbocycles. The van der Waals surface area contributed by atoms with Gasteiger partial charge in [0.2, 0.25) is 5.56 Å². The molecule has 1 aromatic carbocycles. The summed E-state index contributed by atoms with van der Waals surface area (Å²) in [6.45, 7) is 4.27. The molecule has 0 aliphatic heterocycles. The summed E-state index contributed by atoms with van der Waals surface area (Å²) in [6, 6.07) is 11.8. The largest absolute Gasteiger partial charge is 0.326 e. The Labute approximate surface area is 173 Å². The van der Waals surface area contributed by atoms with Crippen LogP contribution in [0, 0.1) is 5.92 Å². The van der Waals surface area contributed by atoms with Crippen molar-refractivity contribution in [3.05, 3.63) is 97.4 Å². The monoisotopic (exact) mass is 434 g/mol. The maximum Gasteiger partial charge on any atom is 0.248 e. The molecule has 0 spiro atoms. The van der Waals surface area contributed by atoms with Crippen LogP contribution >= 0.6 is 15.9 Å². The highest BCUT2D eigenvalue weighted by atomic mass is 79.9. The van der Waals surface area contributed by atoms with Crippen LogP contribution in [0.2, 0.25) is 0 Å². The third kappa shape index (κ3) is 3.37. The Bertz CT molecular complexity index is 1070. The van der Waals surface area contributed by atoms with E-state index < -0.39 is 5.54 Å². The normalized spacial score (nSPS) is 25.3. The minimum Gasteiger partial charge on any atom is -0.326 e. The number of aliphatic imine (C=N–C) groups is 1. The van der Waals surface area contributed by atoms with E-state index in [0.29, 0.717) is 0 Å². The molecular weight excluding hydrogens is 412 g/mol. The quantitative estimate of drug-likeness (QED) is 0.496. The van der Waals surface area contributed by atoms with Crippen molar-refractivity contribution in [3.8, 4) is 0 Å². The SMILES string of the molecule is C/C=C1\[C@H]2C=C(C)C[C@]1(N=C/C=C/c1ccc(Br)cc1)c1ccc(=O)[nH]c1C2. The average molecular weight is 435 g/mol. The molecule has 3 nitrogen and oxygen atoms in total. The van der Waals surface area contributed by atoms with Crippen LogP contribution in [-0.2, 0) is 12.0 Å². The number of aromatic amines is 1. The lowest BCUT2D eigenvalue weighted by Crippen LogP contribution is -2.40. The van der Waals surface area contributed by atoms with E-state index in [1.54, 1.807) is 6.07 Å². The van der Waals surface area contributed by atoms with Crippen molar-refractivity contribution >= 4 is 28.2 Å². The van der Waals surface area contributed by atoms with Gasteiger partial charge in [0.15, 0.2) is 0 Å². The summed E-state index contributed by atoms with van der Waals surface area (Å²) in [5, 5.41) is 0. The molecule has 4 heteroatoms. The molecule has 0 fully saturated rings. The lowest BCUT2D eigenvalue weighted by molar-refractivity contribution is 0.413. The summed E-state index contributed by atoms with van der Waals surface area (Å²) in [7, 11) is 0. The van der Waals surface area contributed by atoms with E-state index >= 15 is 0 Å². The molecule has 2 aliphatic carbocycles. The van der Waals surface area contributed by atoms with Crippen molar-refractivity contribution in [2.24, 2.45) is 10.9 Å². The highest BCUT2D eigenvalue weighted by Crippen LogP contribution is 2.51. The topological polar surface area (TPSA) is 45.2 Å². The van der Waals surface area contributed by atoms with Gasteiger partial charge in [0.05, 0.1) is 0 Å². The number of H-pyrrole nitrogens is 1. The molecule has 4 rings (SSSR count).